The minimum absolute atomic E-state index is 0.365. The van der Waals surface area contributed by atoms with Gasteiger partial charge in [-0.05, 0) is 48.9 Å². The van der Waals surface area contributed by atoms with Crippen LogP contribution in [0.3, 0.4) is 0 Å². The summed E-state index contributed by atoms with van der Waals surface area (Å²) >= 11 is 0. The van der Waals surface area contributed by atoms with E-state index in [0.717, 1.165) is 33.8 Å². The molecule has 0 aliphatic heterocycles. The van der Waals surface area contributed by atoms with Crippen molar-refractivity contribution in [2.75, 3.05) is 0 Å². The second-order valence-corrected chi connectivity index (χ2v) is 7.00. The highest BCUT2D eigenvalue weighted by molar-refractivity contribution is 5.88. The number of carbonyl (C=O) groups is 1. The van der Waals surface area contributed by atoms with Crippen LogP contribution in [0.25, 0.3) is 33.8 Å². The van der Waals surface area contributed by atoms with Gasteiger partial charge in [0.05, 0.1) is 23.3 Å². The zero-order chi connectivity index (χ0) is 20.9. The minimum Gasteiger partial charge on any atom is -0.423 e. The van der Waals surface area contributed by atoms with Crippen molar-refractivity contribution in [1.82, 2.24) is 0 Å². The van der Waals surface area contributed by atoms with Crippen LogP contribution in [-0.4, -0.2) is 5.97 Å². The highest BCUT2D eigenvalue weighted by atomic mass is 16.5. The number of hydrogen-bond acceptors (Lipinski definition) is 2. The van der Waals surface area contributed by atoms with Gasteiger partial charge in [-0.15, -0.1) is 0 Å². The fourth-order valence-electron chi connectivity index (χ4n) is 3.07. The Hall–Kier alpha value is -3.98. The van der Waals surface area contributed by atoms with Gasteiger partial charge in [0.2, 0.25) is 0 Å². The van der Waals surface area contributed by atoms with Gasteiger partial charge >= 0.3 is 17.5 Å². The van der Waals surface area contributed by atoms with Crippen molar-refractivity contribution in [2.24, 2.45) is 0 Å². The zero-order valence-corrected chi connectivity index (χ0v) is 16.7. The van der Waals surface area contributed by atoms with E-state index >= 15 is 0 Å². The molecule has 0 spiro atoms. The molecule has 4 rings (SSSR count). The molecule has 4 aromatic rings. The van der Waals surface area contributed by atoms with Crippen molar-refractivity contribution >= 4 is 5.97 Å². The fourth-order valence-corrected chi connectivity index (χ4v) is 3.07. The number of esters is 1. The summed E-state index contributed by atoms with van der Waals surface area (Å²) in [5.41, 5.74) is 4.38. The summed E-state index contributed by atoms with van der Waals surface area (Å²) in [4.78, 5) is 11.7. The Bertz CT molecular complexity index is 1120. The molecule has 0 saturated heterocycles. The molecule has 0 radical (unpaired) electrons. The lowest BCUT2D eigenvalue weighted by molar-refractivity contribution is -0.130. The SMILES string of the molecule is C=C(C)C(=O)Oc1ccc(-c2cc(-c3ccccc3)[o+]c(-c3ccccc3)c2)cc1. The first-order valence-electron chi connectivity index (χ1n) is 9.67. The Morgan fingerprint density at radius 1 is 0.700 bits per heavy atom. The second-order valence-electron chi connectivity index (χ2n) is 7.00. The summed E-state index contributed by atoms with van der Waals surface area (Å²) < 4.78 is 11.5. The maximum Gasteiger partial charge on any atom is 0.361 e. The molecule has 0 aliphatic carbocycles. The van der Waals surface area contributed by atoms with Gasteiger partial charge in [-0.1, -0.05) is 55.1 Å². The predicted octanol–water partition coefficient (Wildman–Crippen LogP) is 7.04. The summed E-state index contributed by atoms with van der Waals surface area (Å²) in [5, 5.41) is 0. The van der Waals surface area contributed by atoms with Gasteiger partial charge in [-0.3, -0.25) is 0 Å². The Kier molecular flexibility index (Phi) is 5.53. The van der Waals surface area contributed by atoms with Crippen molar-refractivity contribution in [2.45, 2.75) is 6.92 Å². The van der Waals surface area contributed by atoms with Crippen LogP contribution in [-0.2, 0) is 4.79 Å². The van der Waals surface area contributed by atoms with E-state index < -0.39 is 5.97 Å². The van der Waals surface area contributed by atoms with E-state index in [1.54, 1.807) is 19.1 Å². The Balaban J connectivity index is 1.75. The van der Waals surface area contributed by atoms with Crippen LogP contribution in [0.15, 0.2) is 114 Å². The number of carbonyl (C=O) groups excluding carboxylic acids is 1. The molecular formula is C27H21O3+. The van der Waals surface area contributed by atoms with Crippen LogP contribution in [0.2, 0.25) is 0 Å². The molecule has 0 aliphatic rings. The molecule has 1 aromatic heterocycles. The van der Waals surface area contributed by atoms with Crippen LogP contribution >= 0.6 is 0 Å². The summed E-state index contributed by atoms with van der Waals surface area (Å²) in [5.74, 6) is 1.62. The molecule has 0 N–H and O–H groups in total. The zero-order valence-electron chi connectivity index (χ0n) is 16.7. The Labute approximate surface area is 175 Å². The van der Waals surface area contributed by atoms with E-state index in [9.17, 15) is 4.79 Å². The molecule has 0 saturated carbocycles. The number of ether oxygens (including phenoxy) is 1. The second kappa shape index (κ2) is 8.58. The fraction of sp³-hybridized carbons (Fsp3) is 0.0370. The van der Waals surface area contributed by atoms with E-state index in [1.165, 1.54) is 0 Å². The third-order valence-corrected chi connectivity index (χ3v) is 4.66. The highest BCUT2D eigenvalue weighted by Crippen LogP contribution is 2.33. The minimum atomic E-state index is -0.431. The van der Waals surface area contributed by atoms with E-state index in [2.05, 4.69) is 6.58 Å². The molecule has 0 bridgehead atoms. The average Bonchev–Trinajstić information content (AvgIpc) is 2.80. The van der Waals surface area contributed by atoms with Crippen molar-refractivity contribution < 1.29 is 13.9 Å². The summed E-state index contributed by atoms with van der Waals surface area (Å²) in [7, 11) is 0. The lowest BCUT2D eigenvalue weighted by Gasteiger charge is -2.06. The van der Waals surface area contributed by atoms with Gasteiger partial charge in [-0.2, -0.15) is 0 Å². The largest absolute Gasteiger partial charge is 0.423 e. The summed E-state index contributed by atoms with van der Waals surface area (Å²) in [6, 6.07) is 31.5. The maximum atomic E-state index is 11.7. The lowest BCUT2D eigenvalue weighted by atomic mass is 10.0. The van der Waals surface area contributed by atoms with Crippen LogP contribution in [0, 0.1) is 0 Å². The van der Waals surface area contributed by atoms with Crippen LogP contribution in [0.5, 0.6) is 5.75 Å². The molecule has 146 valence electrons. The molecule has 0 atom stereocenters. The van der Waals surface area contributed by atoms with E-state index in [-0.39, 0.29) is 0 Å². The van der Waals surface area contributed by atoms with Crippen molar-refractivity contribution in [3.63, 3.8) is 0 Å². The summed E-state index contributed by atoms with van der Waals surface area (Å²) in [6.07, 6.45) is 0. The molecular weight excluding hydrogens is 372 g/mol. The first-order valence-corrected chi connectivity index (χ1v) is 9.67. The molecule has 3 nitrogen and oxygen atoms in total. The predicted molar refractivity (Wildman–Crippen MR) is 120 cm³/mol. The van der Waals surface area contributed by atoms with E-state index in [0.29, 0.717) is 11.3 Å². The molecule has 0 amide bonds. The van der Waals surface area contributed by atoms with Gasteiger partial charge in [0, 0.05) is 11.1 Å². The van der Waals surface area contributed by atoms with Gasteiger partial charge in [0.15, 0.2) is 0 Å². The Morgan fingerprint density at radius 3 is 1.67 bits per heavy atom. The van der Waals surface area contributed by atoms with E-state index in [4.69, 9.17) is 9.15 Å². The molecule has 1 heterocycles. The highest BCUT2D eigenvalue weighted by Gasteiger charge is 2.20. The maximum absolute atomic E-state index is 11.7. The molecule has 3 heteroatoms. The van der Waals surface area contributed by atoms with Crippen molar-refractivity contribution in [1.29, 1.82) is 0 Å². The first-order chi connectivity index (χ1) is 14.6. The summed E-state index contributed by atoms with van der Waals surface area (Å²) in [6.45, 7) is 5.23. The van der Waals surface area contributed by atoms with Crippen LogP contribution in [0.4, 0.5) is 0 Å². The first kappa shape index (κ1) is 19.3. The van der Waals surface area contributed by atoms with E-state index in [1.807, 2.05) is 84.9 Å². The number of hydrogen-bond donors (Lipinski definition) is 0. The van der Waals surface area contributed by atoms with Crippen LogP contribution in [0.1, 0.15) is 6.92 Å². The molecule has 0 unspecified atom stereocenters. The van der Waals surface area contributed by atoms with Crippen LogP contribution < -0.4 is 4.74 Å². The smallest absolute Gasteiger partial charge is 0.361 e. The normalized spacial score (nSPS) is 10.4. The molecule has 30 heavy (non-hydrogen) atoms. The van der Waals surface area contributed by atoms with Crippen molar-refractivity contribution in [3.8, 4) is 39.5 Å². The molecule has 0 fully saturated rings. The van der Waals surface area contributed by atoms with Crippen molar-refractivity contribution in [3.05, 3.63) is 109 Å². The van der Waals surface area contributed by atoms with Gasteiger partial charge in [0.25, 0.3) is 0 Å². The van der Waals surface area contributed by atoms with Gasteiger partial charge < -0.3 is 4.74 Å². The number of benzene rings is 3. The third kappa shape index (κ3) is 4.36. The monoisotopic (exact) mass is 393 g/mol. The van der Waals surface area contributed by atoms with Gasteiger partial charge in [-0.25, -0.2) is 9.21 Å². The van der Waals surface area contributed by atoms with Gasteiger partial charge in [0.1, 0.15) is 5.75 Å². The Morgan fingerprint density at radius 2 is 1.20 bits per heavy atom. The third-order valence-electron chi connectivity index (χ3n) is 4.66. The standard InChI is InChI=1S/C27H21O3/c1-19(2)27(28)29-24-15-13-20(14-16-24)23-17-25(21-9-5-3-6-10-21)30-26(18-23)22-11-7-4-8-12-22/h3-18H,1H2,2H3/q+1. The number of rotatable bonds is 5. The molecule has 3 aromatic carbocycles. The average molecular weight is 393 g/mol. The quantitative estimate of drug-likeness (QED) is 0.158. The lowest BCUT2D eigenvalue weighted by Crippen LogP contribution is -2.07. The topological polar surface area (TPSA) is 37.6 Å².